The second-order valence-corrected chi connectivity index (χ2v) is 4.46. The number of carbonyl (C=O) groups is 2. The Balaban J connectivity index is 1.91. The monoisotopic (exact) mass is 259 g/mol. The number of benzene rings is 1. The van der Waals surface area contributed by atoms with Gasteiger partial charge in [-0.3, -0.25) is 9.59 Å². The molecule has 4 heteroatoms. The maximum atomic E-state index is 11.8. The molecule has 0 heterocycles. The van der Waals surface area contributed by atoms with E-state index in [1.807, 2.05) is 6.92 Å². The van der Waals surface area contributed by atoms with Crippen LogP contribution in [0.4, 0.5) is 5.69 Å². The van der Waals surface area contributed by atoms with Gasteiger partial charge >= 0.3 is 0 Å². The first-order valence-electron chi connectivity index (χ1n) is 6.44. The standard InChI is InChI=1S/C15H17NO3/c1-2-19-10-9-14(17)16-13-7-5-12(6-8-13)15(18)11-3-4-11/h5-11H,2-4H2,1H3,(H,16,17)/b10-9+. The Hall–Kier alpha value is -2.10. The lowest BCUT2D eigenvalue weighted by atomic mass is 10.1. The third-order valence-electron chi connectivity index (χ3n) is 2.87. The van der Waals surface area contributed by atoms with Crippen molar-refractivity contribution < 1.29 is 14.3 Å². The van der Waals surface area contributed by atoms with Crippen LogP contribution < -0.4 is 5.32 Å². The number of hydrogen-bond donors (Lipinski definition) is 1. The summed E-state index contributed by atoms with van der Waals surface area (Å²) < 4.78 is 4.94. The summed E-state index contributed by atoms with van der Waals surface area (Å²) in [6.07, 6.45) is 4.69. The minimum absolute atomic E-state index is 0.203. The van der Waals surface area contributed by atoms with Gasteiger partial charge in [0.15, 0.2) is 5.78 Å². The second kappa shape index (κ2) is 6.18. The van der Waals surface area contributed by atoms with E-state index >= 15 is 0 Å². The molecule has 1 N–H and O–H groups in total. The predicted octanol–water partition coefficient (Wildman–Crippen LogP) is 2.77. The second-order valence-electron chi connectivity index (χ2n) is 4.46. The summed E-state index contributed by atoms with van der Waals surface area (Å²) in [5, 5.41) is 2.69. The van der Waals surface area contributed by atoms with Crippen molar-refractivity contribution in [2.24, 2.45) is 5.92 Å². The van der Waals surface area contributed by atoms with E-state index in [1.54, 1.807) is 24.3 Å². The molecule has 1 saturated carbocycles. The highest BCUT2D eigenvalue weighted by molar-refractivity contribution is 6.01. The van der Waals surface area contributed by atoms with Crippen molar-refractivity contribution in [2.45, 2.75) is 19.8 Å². The summed E-state index contributed by atoms with van der Waals surface area (Å²) in [5.41, 5.74) is 1.38. The fraction of sp³-hybridized carbons (Fsp3) is 0.333. The zero-order valence-electron chi connectivity index (χ0n) is 10.9. The van der Waals surface area contributed by atoms with E-state index in [9.17, 15) is 9.59 Å². The van der Waals surface area contributed by atoms with Crippen molar-refractivity contribution in [3.05, 3.63) is 42.2 Å². The molecule has 100 valence electrons. The van der Waals surface area contributed by atoms with Crippen LogP contribution in [0.2, 0.25) is 0 Å². The predicted molar refractivity (Wildman–Crippen MR) is 72.9 cm³/mol. The fourth-order valence-electron chi connectivity index (χ4n) is 1.69. The van der Waals surface area contributed by atoms with Gasteiger partial charge in [-0.15, -0.1) is 0 Å². The van der Waals surface area contributed by atoms with Crippen LogP contribution in [0.15, 0.2) is 36.6 Å². The molecule has 2 rings (SSSR count). The van der Waals surface area contributed by atoms with Gasteiger partial charge in [-0.1, -0.05) is 0 Å². The van der Waals surface area contributed by atoms with Crippen LogP contribution in [0.3, 0.4) is 0 Å². The van der Waals surface area contributed by atoms with E-state index in [0.717, 1.165) is 12.8 Å². The number of anilines is 1. The number of carbonyl (C=O) groups excluding carboxylic acids is 2. The first-order valence-corrected chi connectivity index (χ1v) is 6.44. The topological polar surface area (TPSA) is 55.4 Å². The third-order valence-corrected chi connectivity index (χ3v) is 2.87. The number of hydrogen-bond acceptors (Lipinski definition) is 3. The summed E-state index contributed by atoms with van der Waals surface area (Å²) in [7, 11) is 0. The van der Waals surface area contributed by atoms with Crippen LogP contribution in [0.25, 0.3) is 0 Å². The SMILES string of the molecule is CCO/C=C/C(=O)Nc1ccc(C(=O)C2CC2)cc1. The van der Waals surface area contributed by atoms with Crippen LogP contribution in [-0.2, 0) is 9.53 Å². The molecule has 19 heavy (non-hydrogen) atoms. The molecule has 1 amide bonds. The zero-order chi connectivity index (χ0) is 13.7. The Bertz CT molecular complexity index is 487. The number of nitrogens with one attached hydrogen (secondary N) is 1. The number of ketones is 1. The molecule has 0 atom stereocenters. The van der Waals surface area contributed by atoms with Crippen molar-refractivity contribution in [2.75, 3.05) is 11.9 Å². The molecule has 1 aliphatic rings. The van der Waals surface area contributed by atoms with Gasteiger partial charge in [0.05, 0.1) is 12.9 Å². The van der Waals surface area contributed by atoms with Crippen LogP contribution in [0.5, 0.6) is 0 Å². The molecule has 0 radical (unpaired) electrons. The van der Waals surface area contributed by atoms with Crippen molar-refractivity contribution >= 4 is 17.4 Å². The van der Waals surface area contributed by atoms with Gasteiger partial charge in [-0.2, -0.15) is 0 Å². The van der Waals surface area contributed by atoms with E-state index in [0.29, 0.717) is 17.9 Å². The first kappa shape index (κ1) is 13.3. The molecular formula is C15H17NO3. The highest BCUT2D eigenvalue weighted by Gasteiger charge is 2.30. The van der Waals surface area contributed by atoms with Crippen molar-refractivity contribution in [1.29, 1.82) is 0 Å². The van der Waals surface area contributed by atoms with Crippen LogP contribution in [-0.4, -0.2) is 18.3 Å². The molecule has 4 nitrogen and oxygen atoms in total. The Morgan fingerprint density at radius 1 is 1.32 bits per heavy atom. The molecule has 1 fully saturated rings. The minimum Gasteiger partial charge on any atom is -0.501 e. The van der Waals surface area contributed by atoms with Crippen molar-refractivity contribution in [1.82, 2.24) is 0 Å². The van der Waals surface area contributed by atoms with E-state index in [1.165, 1.54) is 12.3 Å². The lowest BCUT2D eigenvalue weighted by Gasteiger charge is -2.04. The molecule has 0 bridgehead atoms. The molecule has 0 aliphatic heterocycles. The molecular weight excluding hydrogens is 242 g/mol. The average molecular weight is 259 g/mol. The summed E-state index contributed by atoms with van der Waals surface area (Å²) in [6, 6.07) is 6.98. The van der Waals surface area contributed by atoms with Gasteiger partial charge in [0, 0.05) is 23.2 Å². The lowest BCUT2D eigenvalue weighted by molar-refractivity contribution is -0.112. The Morgan fingerprint density at radius 3 is 2.58 bits per heavy atom. The van der Waals surface area contributed by atoms with E-state index in [-0.39, 0.29) is 17.6 Å². The Kier molecular flexibility index (Phi) is 4.34. The summed E-state index contributed by atoms with van der Waals surface area (Å²) >= 11 is 0. The number of rotatable bonds is 6. The van der Waals surface area contributed by atoms with Gasteiger partial charge in [-0.25, -0.2) is 0 Å². The average Bonchev–Trinajstić information content (AvgIpc) is 3.23. The summed E-state index contributed by atoms with van der Waals surface area (Å²) in [4.78, 5) is 23.3. The maximum Gasteiger partial charge on any atom is 0.251 e. The lowest BCUT2D eigenvalue weighted by Crippen LogP contribution is -2.08. The van der Waals surface area contributed by atoms with E-state index < -0.39 is 0 Å². The quantitative estimate of drug-likeness (QED) is 0.485. The van der Waals surface area contributed by atoms with Gasteiger partial charge in [0.1, 0.15) is 0 Å². The van der Waals surface area contributed by atoms with Crippen molar-refractivity contribution in [3.63, 3.8) is 0 Å². The third kappa shape index (κ3) is 3.95. The molecule has 1 aliphatic carbocycles. The van der Waals surface area contributed by atoms with Crippen LogP contribution in [0.1, 0.15) is 30.1 Å². The maximum absolute atomic E-state index is 11.8. The van der Waals surface area contributed by atoms with Crippen LogP contribution >= 0.6 is 0 Å². The fourth-order valence-corrected chi connectivity index (χ4v) is 1.69. The number of Topliss-reactive ketones (excluding diaryl/α,β-unsaturated/α-hetero) is 1. The van der Waals surface area contributed by atoms with Crippen molar-refractivity contribution in [3.8, 4) is 0 Å². The molecule has 1 aromatic rings. The molecule has 0 spiro atoms. The first-order chi connectivity index (χ1) is 9.20. The number of amides is 1. The van der Waals surface area contributed by atoms with Gasteiger partial charge in [-0.05, 0) is 44.0 Å². The normalized spacial score (nSPS) is 14.4. The van der Waals surface area contributed by atoms with Gasteiger partial charge in [0.25, 0.3) is 5.91 Å². The summed E-state index contributed by atoms with van der Waals surface area (Å²) in [6.45, 7) is 2.37. The van der Waals surface area contributed by atoms with E-state index in [4.69, 9.17) is 4.74 Å². The molecule has 1 aromatic carbocycles. The number of ether oxygens (including phenoxy) is 1. The highest BCUT2D eigenvalue weighted by atomic mass is 16.5. The molecule has 0 unspecified atom stereocenters. The van der Waals surface area contributed by atoms with E-state index in [2.05, 4.69) is 5.32 Å². The Labute approximate surface area is 112 Å². The largest absolute Gasteiger partial charge is 0.501 e. The van der Waals surface area contributed by atoms with Crippen LogP contribution in [0, 0.1) is 5.92 Å². The Morgan fingerprint density at radius 2 is 2.00 bits per heavy atom. The zero-order valence-corrected chi connectivity index (χ0v) is 10.9. The minimum atomic E-state index is -0.255. The molecule has 0 saturated heterocycles. The van der Waals surface area contributed by atoms with Gasteiger partial charge in [0.2, 0.25) is 0 Å². The smallest absolute Gasteiger partial charge is 0.251 e. The highest BCUT2D eigenvalue weighted by Crippen LogP contribution is 2.32. The summed E-state index contributed by atoms with van der Waals surface area (Å²) in [5.74, 6) is 0.165. The molecule has 0 aromatic heterocycles. The van der Waals surface area contributed by atoms with Gasteiger partial charge < -0.3 is 10.1 Å².